The number of pyridine rings is 1. The van der Waals surface area contributed by atoms with Crippen LogP contribution in [0.4, 0.5) is 4.79 Å². The van der Waals surface area contributed by atoms with E-state index in [9.17, 15) is 14.4 Å². The summed E-state index contributed by atoms with van der Waals surface area (Å²) in [7, 11) is 1.54. The Labute approximate surface area is 210 Å². The van der Waals surface area contributed by atoms with Crippen molar-refractivity contribution in [3.63, 3.8) is 0 Å². The molecule has 3 rings (SSSR count). The van der Waals surface area contributed by atoms with E-state index >= 15 is 0 Å². The van der Waals surface area contributed by atoms with Crippen LogP contribution in [0.15, 0.2) is 30.8 Å². The third-order valence-corrected chi connectivity index (χ3v) is 5.52. The van der Waals surface area contributed by atoms with E-state index in [0.717, 1.165) is 24.0 Å². The van der Waals surface area contributed by atoms with E-state index in [4.69, 9.17) is 18.9 Å². The Morgan fingerprint density at radius 2 is 1.83 bits per heavy atom. The molecule has 1 saturated carbocycles. The van der Waals surface area contributed by atoms with Crippen LogP contribution < -0.4 is 10.1 Å². The minimum Gasteiger partial charge on any atom is -0.496 e. The van der Waals surface area contributed by atoms with Gasteiger partial charge in [-0.1, -0.05) is 12.7 Å². The molecule has 1 aromatic heterocycles. The number of nitrogens with one attached hydrogen (secondary N) is 1. The average Bonchev–Trinajstić information content (AvgIpc) is 3.65. The molecule has 1 amide bonds. The summed E-state index contributed by atoms with van der Waals surface area (Å²) >= 11 is 0. The molecule has 0 spiro atoms. The monoisotopic (exact) mass is 496 g/mol. The molecular formula is C27H32N2O7. The van der Waals surface area contributed by atoms with Crippen LogP contribution in [0.1, 0.15) is 65.7 Å². The molecule has 36 heavy (non-hydrogen) atoms. The molecule has 0 bridgehead atoms. The third kappa shape index (κ3) is 6.84. The first kappa shape index (κ1) is 26.7. The molecule has 9 heteroatoms. The van der Waals surface area contributed by atoms with Gasteiger partial charge in [0.25, 0.3) is 5.91 Å². The number of benzene rings is 1. The molecule has 1 unspecified atom stereocenters. The number of esters is 1. The Hall–Kier alpha value is -3.88. The summed E-state index contributed by atoms with van der Waals surface area (Å²) in [6.07, 6.45) is 1.24. The van der Waals surface area contributed by atoms with Crippen molar-refractivity contribution < 1.29 is 33.3 Å². The van der Waals surface area contributed by atoms with Crippen molar-refractivity contribution in [2.24, 2.45) is 5.92 Å². The molecule has 1 atom stereocenters. The van der Waals surface area contributed by atoms with E-state index in [0.29, 0.717) is 29.3 Å². The zero-order valence-electron chi connectivity index (χ0n) is 21.3. The molecule has 1 aromatic carbocycles. The number of ether oxygens (including phenoxy) is 4. The predicted molar refractivity (Wildman–Crippen MR) is 134 cm³/mol. The van der Waals surface area contributed by atoms with Crippen molar-refractivity contribution in [1.29, 1.82) is 0 Å². The minimum atomic E-state index is -1.25. The number of carbonyl (C=O) groups excluding carboxylic acids is 3. The predicted octanol–water partition coefficient (Wildman–Crippen LogP) is 4.91. The smallest absolute Gasteiger partial charge is 0.496 e. The largest absolute Gasteiger partial charge is 0.511 e. The first-order valence-electron chi connectivity index (χ1n) is 11.8. The quantitative estimate of drug-likeness (QED) is 0.365. The van der Waals surface area contributed by atoms with Crippen molar-refractivity contribution in [3.05, 3.63) is 53.4 Å². The Balaban J connectivity index is 1.96. The fourth-order valence-corrected chi connectivity index (χ4v) is 3.53. The lowest BCUT2D eigenvalue weighted by atomic mass is 9.96. The van der Waals surface area contributed by atoms with Crippen molar-refractivity contribution >= 4 is 24.1 Å². The van der Waals surface area contributed by atoms with Gasteiger partial charge in [-0.3, -0.25) is 4.79 Å². The highest BCUT2D eigenvalue weighted by Gasteiger charge is 2.26. The summed E-state index contributed by atoms with van der Waals surface area (Å²) in [5, 5.41) is 2.85. The number of aryl methyl sites for hydroxylation is 1. The van der Waals surface area contributed by atoms with Gasteiger partial charge in [0.15, 0.2) is 5.69 Å². The lowest BCUT2D eigenvalue weighted by Gasteiger charge is -2.18. The summed E-state index contributed by atoms with van der Waals surface area (Å²) in [6.45, 7) is 11.0. The molecule has 1 fully saturated rings. The van der Waals surface area contributed by atoms with Gasteiger partial charge in [0.2, 0.25) is 6.29 Å². The highest BCUT2D eigenvalue weighted by molar-refractivity contribution is 5.99. The van der Waals surface area contributed by atoms with Gasteiger partial charge in [-0.2, -0.15) is 0 Å². The molecule has 0 radical (unpaired) electrons. The summed E-state index contributed by atoms with van der Waals surface area (Å²) in [4.78, 5) is 42.0. The Bertz CT molecular complexity index is 1160. The number of hydrogen-bond acceptors (Lipinski definition) is 8. The van der Waals surface area contributed by atoms with E-state index in [2.05, 4.69) is 16.9 Å². The summed E-state index contributed by atoms with van der Waals surface area (Å²) in [6, 6.07) is 6.85. The minimum absolute atomic E-state index is 0.0754. The van der Waals surface area contributed by atoms with Crippen LogP contribution >= 0.6 is 0 Å². The number of amides is 1. The second-order valence-electron chi connectivity index (χ2n) is 8.87. The first-order valence-corrected chi connectivity index (χ1v) is 11.8. The van der Waals surface area contributed by atoms with Gasteiger partial charge in [0.05, 0.1) is 13.2 Å². The van der Waals surface area contributed by atoms with Crippen LogP contribution in [0.2, 0.25) is 0 Å². The second kappa shape index (κ2) is 11.7. The lowest BCUT2D eigenvalue weighted by molar-refractivity contribution is -0.0868. The molecule has 1 aliphatic rings. The zero-order valence-corrected chi connectivity index (χ0v) is 21.3. The number of rotatable bonds is 10. The van der Waals surface area contributed by atoms with Gasteiger partial charge >= 0.3 is 12.1 Å². The highest BCUT2D eigenvalue weighted by atomic mass is 16.8. The summed E-state index contributed by atoms with van der Waals surface area (Å²) in [5.41, 5.74) is 2.69. The number of aromatic nitrogens is 1. The van der Waals surface area contributed by atoms with Crippen LogP contribution in [-0.2, 0) is 14.2 Å². The van der Waals surface area contributed by atoms with Crippen molar-refractivity contribution in [2.75, 3.05) is 13.7 Å². The number of hydrogen-bond donors (Lipinski definition) is 1. The molecule has 0 aliphatic heterocycles. The van der Waals surface area contributed by atoms with Gasteiger partial charge in [0, 0.05) is 24.6 Å². The Kier molecular flexibility index (Phi) is 8.68. The average molecular weight is 497 g/mol. The molecule has 9 nitrogen and oxygen atoms in total. The molecule has 1 N–H and O–H groups in total. The molecular weight excluding hydrogens is 464 g/mol. The van der Waals surface area contributed by atoms with Gasteiger partial charge < -0.3 is 24.3 Å². The number of carbonyl (C=O) groups is 3. The van der Waals surface area contributed by atoms with Crippen LogP contribution in [0.5, 0.6) is 5.75 Å². The van der Waals surface area contributed by atoms with Crippen LogP contribution in [0, 0.1) is 12.8 Å². The zero-order chi connectivity index (χ0) is 26.4. The van der Waals surface area contributed by atoms with E-state index in [1.807, 2.05) is 13.0 Å². The molecule has 2 aromatic rings. The standard InChI is InChI=1S/C27H32N2O7/c1-7-19-12-16(4)21(13-23(19)33-6)20-10-11-22(25(30)28-14-18-8-9-18)29-24(20)26(31)35-17(5)36-27(32)34-15(2)3/h7,10-13,15,17-18H,1,8-9,14H2,2-6H3,(H,28,30). The van der Waals surface area contributed by atoms with Gasteiger partial charge in [-0.05, 0) is 74.9 Å². The van der Waals surface area contributed by atoms with E-state index < -0.39 is 24.5 Å². The maximum Gasteiger partial charge on any atom is 0.511 e. The molecule has 1 heterocycles. The fraction of sp³-hybridized carbons (Fsp3) is 0.407. The van der Waals surface area contributed by atoms with Crippen LogP contribution in [-0.4, -0.2) is 49.1 Å². The second-order valence-corrected chi connectivity index (χ2v) is 8.87. The SMILES string of the molecule is C=Cc1cc(C)c(-c2ccc(C(=O)NCC3CC3)nc2C(=O)OC(C)OC(=O)OC(C)C)cc1OC. The van der Waals surface area contributed by atoms with Crippen molar-refractivity contribution in [2.45, 2.75) is 52.9 Å². The lowest BCUT2D eigenvalue weighted by Crippen LogP contribution is -2.28. The van der Waals surface area contributed by atoms with Gasteiger partial charge in [0.1, 0.15) is 11.4 Å². The van der Waals surface area contributed by atoms with Gasteiger partial charge in [-0.15, -0.1) is 0 Å². The van der Waals surface area contributed by atoms with E-state index in [-0.39, 0.29) is 17.3 Å². The van der Waals surface area contributed by atoms with Crippen molar-refractivity contribution in [1.82, 2.24) is 10.3 Å². The first-order chi connectivity index (χ1) is 17.1. The highest BCUT2D eigenvalue weighted by Crippen LogP contribution is 2.33. The van der Waals surface area contributed by atoms with E-state index in [1.54, 1.807) is 38.1 Å². The molecule has 1 aliphatic carbocycles. The number of nitrogens with zero attached hydrogens (tertiary/aromatic N) is 1. The summed E-state index contributed by atoms with van der Waals surface area (Å²) < 4.78 is 20.7. The Morgan fingerprint density at radius 1 is 1.11 bits per heavy atom. The maximum absolute atomic E-state index is 13.2. The van der Waals surface area contributed by atoms with Crippen LogP contribution in [0.3, 0.4) is 0 Å². The third-order valence-electron chi connectivity index (χ3n) is 5.52. The van der Waals surface area contributed by atoms with Gasteiger partial charge in [-0.25, -0.2) is 14.6 Å². The topological polar surface area (TPSA) is 113 Å². The number of methoxy groups -OCH3 is 1. The van der Waals surface area contributed by atoms with E-state index in [1.165, 1.54) is 14.0 Å². The Morgan fingerprint density at radius 3 is 2.44 bits per heavy atom. The van der Waals surface area contributed by atoms with Crippen molar-refractivity contribution in [3.8, 4) is 16.9 Å². The normalized spacial score (nSPS) is 13.5. The summed E-state index contributed by atoms with van der Waals surface area (Å²) in [5.74, 6) is -0.203. The van der Waals surface area contributed by atoms with Crippen LogP contribution in [0.25, 0.3) is 17.2 Å². The maximum atomic E-state index is 13.2. The fourth-order valence-electron chi connectivity index (χ4n) is 3.53. The molecule has 192 valence electrons. The molecule has 0 saturated heterocycles.